The van der Waals surface area contributed by atoms with E-state index in [-0.39, 0.29) is 0 Å². The van der Waals surface area contributed by atoms with Crippen LogP contribution < -0.4 is 5.73 Å². The number of nitrogens with zero attached hydrogens (tertiary/aromatic N) is 3. The fourth-order valence-electron chi connectivity index (χ4n) is 6.78. The van der Waals surface area contributed by atoms with Crippen LogP contribution in [0.5, 0.6) is 0 Å². The molecule has 0 bridgehead atoms. The molecule has 47 heavy (non-hydrogen) atoms. The molecule has 0 aliphatic rings. The van der Waals surface area contributed by atoms with Crippen LogP contribution in [0.4, 0.5) is 5.69 Å². The zero-order valence-corrected chi connectivity index (χ0v) is 25.6. The highest BCUT2D eigenvalue weighted by Crippen LogP contribution is 2.39. The summed E-state index contributed by atoms with van der Waals surface area (Å²) in [5.74, 6) is 2.34. The minimum absolute atomic E-state index is 0.534. The van der Waals surface area contributed by atoms with Crippen LogP contribution in [0, 0.1) is 0 Å². The average molecular weight is 605 g/mol. The van der Waals surface area contributed by atoms with Crippen LogP contribution in [-0.2, 0) is 0 Å². The third kappa shape index (κ3) is 4.36. The van der Waals surface area contributed by atoms with E-state index in [1.165, 1.54) is 21.5 Å². The van der Waals surface area contributed by atoms with Crippen molar-refractivity contribution in [1.82, 2.24) is 15.0 Å². The molecule has 0 radical (unpaired) electrons. The highest BCUT2D eigenvalue weighted by molar-refractivity contribution is 6.19. The highest BCUT2D eigenvalue weighted by Gasteiger charge is 2.20. The molecule has 2 aromatic heterocycles. The Morgan fingerprint density at radius 2 is 1.15 bits per heavy atom. The number of rotatable bonds is 4. The number of fused-ring (bicyclic) bond motifs is 7. The van der Waals surface area contributed by atoms with E-state index in [0.29, 0.717) is 34.5 Å². The van der Waals surface area contributed by atoms with Crippen molar-refractivity contribution in [3.8, 4) is 34.2 Å². The Labute approximate surface area is 270 Å². The fourth-order valence-corrected chi connectivity index (χ4v) is 6.78. The number of allylic oxidation sites excluding steroid dienone is 1. The first-order chi connectivity index (χ1) is 23.2. The number of nitrogen functional groups attached to an aromatic ring is 1. The number of benzene rings is 7. The molecule has 0 aliphatic heterocycles. The summed E-state index contributed by atoms with van der Waals surface area (Å²) in [6.45, 7) is 1.94. The Morgan fingerprint density at radius 3 is 2.02 bits per heavy atom. The van der Waals surface area contributed by atoms with Crippen molar-refractivity contribution in [1.29, 1.82) is 0 Å². The molecule has 0 spiro atoms. The predicted octanol–water partition coefficient (Wildman–Crippen LogP) is 10.8. The third-order valence-electron chi connectivity index (χ3n) is 9.01. The Hall–Kier alpha value is -6.33. The second-order valence-corrected chi connectivity index (χ2v) is 11.8. The Balaban J connectivity index is 1.32. The van der Waals surface area contributed by atoms with E-state index in [1.807, 2.05) is 49.4 Å². The molecule has 2 heterocycles. The molecular formula is C42H28N4O. The summed E-state index contributed by atoms with van der Waals surface area (Å²) < 4.78 is 6.13. The van der Waals surface area contributed by atoms with Gasteiger partial charge >= 0.3 is 0 Å². The maximum atomic E-state index is 6.67. The number of anilines is 1. The summed E-state index contributed by atoms with van der Waals surface area (Å²) in [7, 11) is 0. The maximum Gasteiger partial charge on any atom is 0.164 e. The lowest BCUT2D eigenvalue weighted by atomic mass is 9.95. The van der Waals surface area contributed by atoms with Crippen LogP contribution in [0.15, 0.2) is 138 Å². The van der Waals surface area contributed by atoms with E-state index >= 15 is 0 Å². The molecule has 9 rings (SSSR count). The first-order valence-electron chi connectivity index (χ1n) is 15.7. The molecule has 0 atom stereocenters. The van der Waals surface area contributed by atoms with Gasteiger partial charge in [-0.05, 0) is 68.2 Å². The fraction of sp³-hybridized carbons (Fsp3) is 0.0238. The molecule has 9 aromatic rings. The van der Waals surface area contributed by atoms with E-state index in [0.717, 1.165) is 43.6 Å². The van der Waals surface area contributed by atoms with Crippen molar-refractivity contribution in [2.24, 2.45) is 0 Å². The molecule has 0 unspecified atom stereocenters. The number of hydrogen-bond acceptors (Lipinski definition) is 5. The van der Waals surface area contributed by atoms with Gasteiger partial charge in [0.05, 0.1) is 11.1 Å². The number of nitrogens with two attached hydrogens (primary N) is 1. The number of hydrogen-bond donors (Lipinski definition) is 1. The number of aromatic nitrogens is 3. The predicted molar refractivity (Wildman–Crippen MR) is 195 cm³/mol. The van der Waals surface area contributed by atoms with Gasteiger partial charge in [0.2, 0.25) is 0 Å². The molecule has 0 amide bonds. The van der Waals surface area contributed by atoms with Gasteiger partial charge in [0.25, 0.3) is 0 Å². The monoisotopic (exact) mass is 604 g/mol. The molecule has 5 heteroatoms. The molecule has 0 aliphatic carbocycles. The first-order valence-corrected chi connectivity index (χ1v) is 15.7. The highest BCUT2D eigenvalue weighted by atomic mass is 16.3. The normalized spacial score (nSPS) is 11.9. The molecule has 0 saturated carbocycles. The van der Waals surface area contributed by atoms with Crippen LogP contribution in [0.3, 0.4) is 0 Å². The minimum Gasteiger partial charge on any atom is -0.454 e. The molecule has 0 fully saturated rings. The molecule has 5 nitrogen and oxygen atoms in total. The van der Waals surface area contributed by atoms with Crippen molar-refractivity contribution in [3.63, 3.8) is 0 Å². The Kier molecular flexibility index (Phi) is 6.12. The van der Waals surface area contributed by atoms with Gasteiger partial charge < -0.3 is 10.2 Å². The lowest BCUT2D eigenvalue weighted by Crippen LogP contribution is -2.01. The summed E-state index contributed by atoms with van der Waals surface area (Å²) >= 11 is 0. The van der Waals surface area contributed by atoms with E-state index in [2.05, 4.69) is 97.1 Å². The van der Waals surface area contributed by atoms with Crippen molar-refractivity contribution in [2.75, 3.05) is 5.73 Å². The Bertz CT molecular complexity index is 2720. The second kappa shape index (κ2) is 10.6. The molecular weight excluding hydrogens is 576 g/mol. The van der Waals surface area contributed by atoms with E-state index in [9.17, 15) is 0 Å². The molecule has 0 saturated heterocycles. The van der Waals surface area contributed by atoms with Crippen LogP contribution >= 0.6 is 0 Å². The summed E-state index contributed by atoms with van der Waals surface area (Å²) in [4.78, 5) is 15.4. The van der Waals surface area contributed by atoms with Gasteiger partial charge in [-0.1, -0.05) is 121 Å². The van der Waals surface area contributed by atoms with Crippen LogP contribution in [0.2, 0.25) is 0 Å². The zero-order chi connectivity index (χ0) is 31.5. The summed E-state index contributed by atoms with van der Waals surface area (Å²) in [6, 6.07) is 44.2. The van der Waals surface area contributed by atoms with Crippen LogP contribution in [-0.4, -0.2) is 15.0 Å². The van der Waals surface area contributed by atoms with E-state index < -0.39 is 0 Å². The van der Waals surface area contributed by atoms with Crippen LogP contribution in [0.1, 0.15) is 12.7 Å². The third-order valence-corrected chi connectivity index (χ3v) is 9.01. The quantitative estimate of drug-likeness (QED) is 0.202. The van der Waals surface area contributed by atoms with Crippen LogP contribution in [0.25, 0.3) is 94.3 Å². The van der Waals surface area contributed by atoms with Gasteiger partial charge in [-0.25, -0.2) is 15.0 Å². The Morgan fingerprint density at radius 1 is 0.532 bits per heavy atom. The first kappa shape index (κ1) is 27.0. The standard InChI is InChI=1S/C42H28N4O/c1-2-9-37-39(43)38-35(16-8-17-36(38)47-37)42-45-40(28-19-18-25-10-3-4-12-27(25)24-28)44-41(46-42)34-15-7-14-30-32-21-20-26-11-5-6-13-29(26)31(32)22-23-33(30)34/h2-24H,43H2,1H3/b9-2-. The van der Waals surface area contributed by atoms with Crippen molar-refractivity contribution in [2.45, 2.75) is 6.92 Å². The average Bonchev–Trinajstić information content (AvgIpc) is 3.45. The smallest absolute Gasteiger partial charge is 0.164 e. The molecule has 222 valence electrons. The van der Waals surface area contributed by atoms with Crippen molar-refractivity contribution < 1.29 is 4.42 Å². The van der Waals surface area contributed by atoms with Gasteiger partial charge in [0.15, 0.2) is 23.2 Å². The summed E-state index contributed by atoms with van der Waals surface area (Å²) in [5, 5.41) is 10.2. The van der Waals surface area contributed by atoms with Gasteiger partial charge in [0, 0.05) is 16.7 Å². The van der Waals surface area contributed by atoms with Gasteiger partial charge in [-0.2, -0.15) is 0 Å². The van der Waals surface area contributed by atoms with Gasteiger partial charge in [-0.3, -0.25) is 0 Å². The SMILES string of the molecule is C/C=C\c1oc2cccc(-c3nc(-c4ccc5ccccc5c4)nc(-c4cccc5c4ccc4c6ccccc6ccc54)n3)c2c1N. The topological polar surface area (TPSA) is 77.8 Å². The maximum absolute atomic E-state index is 6.67. The van der Waals surface area contributed by atoms with Crippen molar-refractivity contribution >= 4 is 65.8 Å². The largest absolute Gasteiger partial charge is 0.454 e. The van der Waals surface area contributed by atoms with Crippen molar-refractivity contribution in [3.05, 3.63) is 139 Å². The van der Waals surface area contributed by atoms with E-state index in [1.54, 1.807) is 0 Å². The van der Waals surface area contributed by atoms with E-state index in [4.69, 9.17) is 25.1 Å². The minimum atomic E-state index is 0.534. The lowest BCUT2D eigenvalue weighted by molar-refractivity contribution is 0.606. The molecule has 2 N–H and O–H groups in total. The van der Waals surface area contributed by atoms with Gasteiger partial charge in [-0.15, -0.1) is 0 Å². The second-order valence-electron chi connectivity index (χ2n) is 11.8. The summed E-state index contributed by atoms with van der Waals surface area (Å²) in [6.07, 6.45) is 3.79. The van der Waals surface area contributed by atoms with Gasteiger partial charge in [0.1, 0.15) is 5.58 Å². The zero-order valence-electron chi connectivity index (χ0n) is 25.6. The summed E-state index contributed by atoms with van der Waals surface area (Å²) in [5.41, 5.74) is 10.6. The molecule has 7 aromatic carbocycles. The lowest BCUT2D eigenvalue weighted by Gasteiger charge is -2.13. The number of furan rings is 1.